The van der Waals surface area contributed by atoms with Gasteiger partial charge in [-0.3, -0.25) is 0 Å². The Morgan fingerprint density at radius 2 is 0.684 bits per heavy atom. The molecule has 0 fully saturated rings. The fraction of sp³-hybridized carbons (Fsp3) is 0. The van der Waals surface area contributed by atoms with Gasteiger partial charge in [0.1, 0.15) is 11.6 Å². The first-order chi connectivity index (χ1) is 27.9. The van der Waals surface area contributed by atoms with Gasteiger partial charge in [0, 0.05) is 37.5 Å². The van der Waals surface area contributed by atoms with Crippen molar-refractivity contribution in [2.24, 2.45) is 0 Å². The Bertz CT molecular complexity index is 2700. The molecule has 57 heavy (non-hydrogen) atoms. The Morgan fingerprint density at radius 3 is 1.23 bits per heavy atom. The van der Waals surface area contributed by atoms with Crippen LogP contribution in [0.5, 0.6) is 0 Å². The number of pyridine rings is 2. The van der Waals surface area contributed by atoms with Gasteiger partial charge in [-0.25, -0.2) is 19.9 Å². The van der Waals surface area contributed by atoms with Gasteiger partial charge < -0.3 is 11.5 Å². The molecule has 4 N–H and O–H groups in total. The van der Waals surface area contributed by atoms with E-state index in [0.29, 0.717) is 17.5 Å². The first kappa shape index (κ1) is 35.7. The van der Waals surface area contributed by atoms with Crippen LogP contribution in [0.4, 0.5) is 11.6 Å². The molecule has 0 aliphatic carbocycles. The highest BCUT2D eigenvalue weighted by molar-refractivity contribution is 14.1. The number of nitrogen functional groups attached to an aromatic ring is 2. The van der Waals surface area contributed by atoms with Crippen LogP contribution in [0.1, 0.15) is 0 Å². The summed E-state index contributed by atoms with van der Waals surface area (Å²) in [4.78, 5) is 19.4. The fourth-order valence-corrected chi connectivity index (χ4v) is 7.64. The normalized spacial score (nSPS) is 11.0. The number of hydrogen-bond donors (Lipinski definition) is 2. The highest BCUT2D eigenvalue weighted by Crippen LogP contribution is 2.34. The van der Waals surface area contributed by atoms with Gasteiger partial charge >= 0.3 is 0 Å². The van der Waals surface area contributed by atoms with Crippen LogP contribution in [-0.4, -0.2) is 19.9 Å². The molecule has 6 aromatic carbocycles. The van der Waals surface area contributed by atoms with Gasteiger partial charge in [-0.2, -0.15) is 0 Å². The molecule has 0 saturated heterocycles. The van der Waals surface area contributed by atoms with Crippen LogP contribution in [0.25, 0.3) is 89.8 Å². The maximum atomic E-state index is 6.30. The van der Waals surface area contributed by atoms with Gasteiger partial charge in [0.25, 0.3) is 0 Å². The molecule has 0 atom stereocenters. The summed E-state index contributed by atoms with van der Waals surface area (Å²) in [5.74, 6) is 1.50. The lowest BCUT2D eigenvalue weighted by Crippen LogP contribution is -1.98. The molecule has 272 valence electrons. The number of halogens is 1. The first-order valence-electron chi connectivity index (χ1n) is 18.5. The summed E-state index contributed by atoms with van der Waals surface area (Å²) in [5, 5.41) is 0. The van der Waals surface area contributed by atoms with Crippen molar-refractivity contribution in [2.75, 3.05) is 11.5 Å². The lowest BCUT2D eigenvalue weighted by atomic mass is 9.97. The van der Waals surface area contributed by atoms with E-state index in [1.54, 1.807) is 0 Å². The molecule has 0 amide bonds. The first-order valence-corrected chi connectivity index (χ1v) is 19.6. The number of anilines is 2. The van der Waals surface area contributed by atoms with Crippen LogP contribution < -0.4 is 11.5 Å². The second-order valence-electron chi connectivity index (χ2n) is 13.8. The van der Waals surface area contributed by atoms with Crippen molar-refractivity contribution in [1.82, 2.24) is 19.9 Å². The van der Waals surface area contributed by atoms with Crippen LogP contribution in [0, 0.1) is 3.57 Å². The molecule has 0 unspecified atom stereocenters. The zero-order chi connectivity index (χ0) is 38.7. The second-order valence-corrected chi connectivity index (χ2v) is 15.0. The van der Waals surface area contributed by atoms with Crippen LogP contribution in [0.3, 0.4) is 0 Å². The van der Waals surface area contributed by atoms with Crippen LogP contribution in [0.15, 0.2) is 188 Å². The van der Waals surface area contributed by atoms with Crippen molar-refractivity contribution in [1.29, 1.82) is 0 Å². The number of nitrogens with zero attached hydrogens (tertiary/aromatic N) is 4. The van der Waals surface area contributed by atoms with Gasteiger partial charge in [0.2, 0.25) is 0 Å². The van der Waals surface area contributed by atoms with Gasteiger partial charge in [-0.15, -0.1) is 0 Å². The maximum Gasteiger partial charge on any atom is 0.162 e. The van der Waals surface area contributed by atoms with E-state index in [0.717, 1.165) is 87.5 Å². The van der Waals surface area contributed by atoms with Gasteiger partial charge in [0.15, 0.2) is 5.82 Å². The van der Waals surface area contributed by atoms with E-state index in [9.17, 15) is 0 Å². The van der Waals surface area contributed by atoms with Crippen molar-refractivity contribution in [3.05, 3.63) is 192 Å². The van der Waals surface area contributed by atoms with E-state index in [2.05, 4.69) is 143 Å². The van der Waals surface area contributed by atoms with Crippen molar-refractivity contribution in [3.8, 4) is 89.8 Å². The molecule has 0 aliphatic heterocycles. The van der Waals surface area contributed by atoms with Gasteiger partial charge in [-0.05, 0) is 105 Å². The number of benzene rings is 6. The third-order valence-corrected chi connectivity index (χ3v) is 10.4. The third-order valence-electron chi connectivity index (χ3n) is 9.82. The second kappa shape index (κ2) is 15.6. The maximum absolute atomic E-state index is 6.30. The predicted molar refractivity (Wildman–Crippen MR) is 243 cm³/mol. The monoisotopic (exact) mass is 846 g/mol. The molecule has 6 nitrogen and oxygen atoms in total. The largest absolute Gasteiger partial charge is 0.384 e. The number of aromatic nitrogens is 4. The lowest BCUT2D eigenvalue weighted by molar-refractivity contribution is 1.19. The van der Waals surface area contributed by atoms with Crippen molar-refractivity contribution < 1.29 is 0 Å². The van der Waals surface area contributed by atoms with E-state index < -0.39 is 0 Å². The molecule has 0 radical (unpaired) electrons. The highest BCUT2D eigenvalue weighted by atomic mass is 127. The standard InChI is InChI=1S/C50H35IN6/c51-43-29-45(39-20-8-16-35(24-39)34-15-7-19-38(23-34)44-27-42(28-48(52)55-44)32-11-3-1-4-12-32)54-46(30-43)40-21-9-17-36(25-40)37-18-10-22-41(26-37)50-56-47(31-49(53)57-50)33-13-5-2-6-14-33/h1-31H,(H2,52,55)(H2,53,56,57). The molecule has 0 saturated carbocycles. The van der Waals surface area contributed by atoms with Crippen molar-refractivity contribution in [2.45, 2.75) is 0 Å². The predicted octanol–water partition coefficient (Wildman–Crippen LogP) is 12.4. The minimum Gasteiger partial charge on any atom is -0.384 e. The Morgan fingerprint density at radius 1 is 0.281 bits per heavy atom. The zero-order valence-electron chi connectivity index (χ0n) is 30.7. The SMILES string of the molecule is Nc1cc(-c2ccccc2)cc(-c2cccc(-c3cccc(-c4cc(I)cc(-c5cccc(-c6cccc(-c7nc(N)cc(-c8ccccc8)n7)c6)c5)n4)c3)c2)n1. The fourth-order valence-electron chi connectivity index (χ4n) is 7.05. The van der Waals surface area contributed by atoms with Crippen LogP contribution >= 0.6 is 22.6 Å². The quantitative estimate of drug-likeness (QED) is 0.148. The number of rotatable bonds is 8. The van der Waals surface area contributed by atoms with Crippen LogP contribution in [-0.2, 0) is 0 Å². The summed E-state index contributed by atoms with van der Waals surface area (Å²) < 4.78 is 1.10. The molecular weight excluding hydrogens is 811 g/mol. The van der Waals surface area contributed by atoms with Crippen LogP contribution in [0.2, 0.25) is 0 Å². The summed E-state index contributed by atoms with van der Waals surface area (Å²) in [6.07, 6.45) is 0. The van der Waals surface area contributed by atoms with Gasteiger partial charge in [0.05, 0.1) is 22.8 Å². The molecular formula is C50H35IN6. The molecule has 7 heteroatoms. The molecule has 9 rings (SSSR count). The molecule has 3 heterocycles. The Labute approximate surface area is 345 Å². The van der Waals surface area contributed by atoms with E-state index in [4.69, 9.17) is 26.4 Å². The molecule has 0 spiro atoms. The highest BCUT2D eigenvalue weighted by Gasteiger charge is 2.13. The number of hydrogen-bond acceptors (Lipinski definition) is 6. The molecule has 0 aliphatic rings. The average molecular weight is 847 g/mol. The summed E-state index contributed by atoms with van der Waals surface area (Å²) in [6, 6.07) is 64.1. The summed E-state index contributed by atoms with van der Waals surface area (Å²) in [6.45, 7) is 0. The van der Waals surface area contributed by atoms with E-state index in [1.807, 2.05) is 72.8 Å². The van der Waals surface area contributed by atoms with E-state index >= 15 is 0 Å². The summed E-state index contributed by atoms with van der Waals surface area (Å²) in [5.41, 5.74) is 27.4. The summed E-state index contributed by atoms with van der Waals surface area (Å²) in [7, 11) is 0. The molecule has 9 aromatic rings. The van der Waals surface area contributed by atoms with Crippen molar-refractivity contribution >= 4 is 34.2 Å². The Kier molecular flexibility index (Phi) is 9.80. The zero-order valence-corrected chi connectivity index (χ0v) is 32.9. The lowest BCUT2D eigenvalue weighted by Gasteiger charge is -2.12. The number of nitrogens with two attached hydrogens (primary N) is 2. The summed E-state index contributed by atoms with van der Waals surface area (Å²) >= 11 is 2.38. The van der Waals surface area contributed by atoms with Crippen molar-refractivity contribution in [3.63, 3.8) is 0 Å². The smallest absolute Gasteiger partial charge is 0.162 e. The topological polar surface area (TPSA) is 104 Å². The van der Waals surface area contributed by atoms with Gasteiger partial charge in [-0.1, -0.05) is 133 Å². The third kappa shape index (κ3) is 7.92. The van der Waals surface area contributed by atoms with E-state index in [-0.39, 0.29) is 0 Å². The minimum atomic E-state index is 0.429. The molecule has 0 bridgehead atoms. The molecule has 3 aromatic heterocycles. The average Bonchev–Trinajstić information content (AvgIpc) is 3.26. The Hall–Kier alpha value is -6.97. The van der Waals surface area contributed by atoms with E-state index in [1.165, 1.54) is 0 Å². The minimum absolute atomic E-state index is 0.429. The Balaban J connectivity index is 1.01.